The molecule has 0 aliphatic carbocycles. The van der Waals surface area contributed by atoms with Crippen molar-refractivity contribution in [3.8, 4) is 5.75 Å². The van der Waals surface area contributed by atoms with Crippen LogP contribution in [-0.2, 0) is 5.79 Å². The summed E-state index contributed by atoms with van der Waals surface area (Å²) in [6, 6.07) is 17.5. The number of aromatic hydroxyl groups is 1. The van der Waals surface area contributed by atoms with Crippen LogP contribution >= 0.6 is 0 Å². The molecule has 0 spiro atoms. The second kappa shape index (κ2) is 13.2. The molecule has 0 saturated carbocycles. The summed E-state index contributed by atoms with van der Waals surface area (Å²) in [5, 5.41) is 61.3. The minimum absolute atomic E-state index is 0.303. The van der Waals surface area contributed by atoms with E-state index in [0.29, 0.717) is 17.7 Å². The molecule has 2 aromatic carbocycles. The van der Waals surface area contributed by atoms with Gasteiger partial charge in [0, 0.05) is 12.0 Å². The number of para-hydroxylation sites is 1. The lowest BCUT2D eigenvalue weighted by Crippen LogP contribution is -2.37. The van der Waals surface area contributed by atoms with E-state index in [0.717, 1.165) is 0 Å². The molecule has 0 heterocycles. The molecule has 0 fully saturated rings. The highest BCUT2D eigenvalue weighted by molar-refractivity contribution is 5.19. The van der Waals surface area contributed by atoms with Crippen LogP contribution < -0.4 is 0 Å². The maximum Gasteiger partial charge on any atom is 0.189 e. The Morgan fingerprint density at radius 2 is 1.04 bits per heavy atom. The summed E-state index contributed by atoms with van der Waals surface area (Å²) in [6.07, 6.45) is 0.303. The lowest BCUT2D eigenvalue weighted by Gasteiger charge is -2.23. The van der Waals surface area contributed by atoms with Crippen molar-refractivity contribution in [2.45, 2.75) is 19.1 Å². The number of hydrogen-bond acceptors (Lipinski definition) is 7. The Kier molecular flexibility index (Phi) is 12.2. The number of hydrogen-bond donors (Lipinski definition) is 7. The average Bonchev–Trinajstić information content (AvgIpc) is 2.72. The van der Waals surface area contributed by atoms with Gasteiger partial charge in [-0.25, -0.2) is 0 Å². The number of benzene rings is 2. The van der Waals surface area contributed by atoms with Gasteiger partial charge >= 0.3 is 0 Å². The highest BCUT2D eigenvalue weighted by Gasteiger charge is 2.26. The predicted octanol–water partition coefficient (Wildman–Crippen LogP) is 0.568. The molecule has 0 atom stereocenters. The van der Waals surface area contributed by atoms with E-state index >= 15 is 0 Å². The zero-order valence-electron chi connectivity index (χ0n) is 15.4. The van der Waals surface area contributed by atoms with Crippen molar-refractivity contribution in [3.05, 3.63) is 66.2 Å². The van der Waals surface area contributed by atoms with Gasteiger partial charge in [-0.2, -0.15) is 0 Å². The molecule has 0 aromatic heterocycles. The maximum absolute atomic E-state index is 9.35. The summed E-state index contributed by atoms with van der Waals surface area (Å²) in [5.74, 6) is -1.34. The highest BCUT2D eigenvalue weighted by Crippen LogP contribution is 2.20. The number of aliphatic hydroxyl groups is 6. The monoisotopic (exact) mass is 382 g/mol. The summed E-state index contributed by atoms with van der Waals surface area (Å²) in [4.78, 5) is 0. The van der Waals surface area contributed by atoms with E-state index in [-0.39, 0.29) is 0 Å². The molecular formula is C20H30O7. The van der Waals surface area contributed by atoms with E-state index in [1.165, 1.54) is 0 Å². The van der Waals surface area contributed by atoms with Crippen molar-refractivity contribution >= 4 is 0 Å². The van der Waals surface area contributed by atoms with E-state index < -0.39 is 37.6 Å². The van der Waals surface area contributed by atoms with Gasteiger partial charge in [-0.05, 0) is 12.1 Å². The van der Waals surface area contributed by atoms with Gasteiger partial charge in [-0.3, -0.25) is 0 Å². The third-order valence-electron chi connectivity index (χ3n) is 3.83. The SMILES string of the molecule is CCC(O)(O)c1ccccc1.OCC(CO)(CO)CO.Oc1ccccc1. The number of phenols is 1. The van der Waals surface area contributed by atoms with Gasteiger partial charge in [0.2, 0.25) is 0 Å². The topological polar surface area (TPSA) is 142 Å². The third kappa shape index (κ3) is 9.48. The van der Waals surface area contributed by atoms with Crippen LogP contribution in [0.4, 0.5) is 0 Å². The van der Waals surface area contributed by atoms with E-state index in [2.05, 4.69) is 0 Å². The molecular weight excluding hydrogens is 352 g/mol. The van der Waals surface area contributed by atoms with Crippen molar-refractivity contribution in [2.24, 2.45) is 5.41 Å². The summed E-state index contributed by atoms with van der Waals surface area (Å²) in [7, 11) is 0. The summed E-state index contributed by atoms with van der Waals surface area (Å²) >= 11 is 0. The molecule has 2 rings (SSSR count). The molecule has 0 saturated heterocycles. The van der Waals surface area contributed by atoms with Gasteiger partial charge in [0.1, 0.15) is 5.75 Å². The molecule has 0 radical (unpaired) electrons. The van der Waals surface area contributed by atoms with Gasteiger partial charge in [0.15, 0.2) is 5.79 Å². The summed E-state index contributed by atoms with van der Waals surface area (Å²) in [6.45, 7) is 0.104. The van der Waals surface area contributed by atoms with Crippen LogP contribution in [0.2, 0.25) is 0 Å². The Bertz CT molecular complexity index is 566. The molecule has 0 unspecified atom stereocenters. The molecule has 7 heteroatoms. The summed E-state index contributed by atoms with van der Waals surface area (Å²) in [5.41, 5.74) is -0.567. The Morgan fingerprint density at radius 3 is 1.26 bits per heavy atom. The van der Waals surface area contributed by atoms with E-state index in [1.54, 1.807) is 55.5 Å². The van der Waals surface area contributed by atoms with Crippen molar-refractivity contribution in [1.29, 1.82) is 0 Å². The second-order valence-electron chi connectivity index (χ2n) is 6.00. The van der Waals surface area contributed by atoms with Crippen molar-refractivity contribution in [2.75, 3.05) is 26.4 Å². The Hall–Kier alpha value is -2.00. The molecule has 2 aromatic rings. The van der Waals surface area contributed by atoms with Crippen LogP contribution in [0.1, 0.15) is 18.9 Å². The van der Waals surface area contributed by atoms with Crippen LogP contribution in [0, 0.1) is 5.41 Å². The second-order valence-corrected chi connectivity index (χ2v) is 6.00. The molecule has 7 nitrogen and oxygen atoms in total. The quantitative estimate of drug-likeness (QED) is 0.362. The predicted molar refractivity (Wildman–Crippen MR) is 102 cm³/mol. The largest absolute Gasteiger partial charge is 0.508 e. The van der Waals surface area contributed by atoms with Crippen LogP contribution in [0.3, 0.4) is 0 Å². The minimum atomic E-state index is -1.67. The number of rotatable bonds is 6. The zero-order chi connectivity index (χ0) is 20.8. The number of aliphatic hydroxyl groups excluding tert-OH is 4. The average molecular weight is 382 g/mol. The molecule has 0 aliphatic heterocycles. The van der Waals surface area contributed by atoms with Crippen molar-refractivity contribution in [3.63, 3.8) is 0 Å². The van der Waals surface area contributed by atoms with Gasteiger partial charge in [0.25, 0.3) is 0 Å². The lowest BCUT2D eigenvalue weighted by atomic mass is 9.93. The molecule has 152 valence electrons. The van der Waals surface area contributed by atoms with Gasteiger partial charge in [-0.15, -0.1) is 0 Å². The summed E-state index contributed by atoms with van der Waals surface area (Å²) < 4.78 is 0. The van der Waals surface area contributed by atoms with Gasteiger partial charge in [0.05, 0.1) is 31.8 Å². The van der Waals surface area contributed by atoms with Crippen LogP contribution in [0.15, 0.2) is 60.7 Å². The fraction of sp³-hybridized carbons (Fsp3) is 0.400. The van der Waals surface area contributed by atoms with Crippen LogP contribution in [0.25, 0.3) is 0 Å². The molecule has 0 aliphatic rings. The fourth-order valence-electron chi connectivity index (χ4n) is 1.64. The third-order valence-corrected chi connectivity index (χ3v) is 3.83. The van der Waals surface area contributed by atoms with Gasteiger partial charge < -0.3 is 35.7 Å². The van der Waals surface area contributed by atoms with E-state index in [4.69, 9.17) is 25.5 Å². The Morgan fingerprint density at radius 1 is 0.667 bits per heavy atom. The minimum Gasteiger partial charge on any atom is -0.508 e. The lowest BCUT2D eigenvalue weighted by molar-refractivity contribution is -0.171. The smallest absolute Gasteiger partial charge is 0.189 e. The fourth-order valence-corrected chi connectivity index (χ4v) is 1.64. The molecule has 0 amide bonds. The molecule has 27 heavy (non-hydrogen) atoms. The Labute approximate surface area is 159 Å². The molecule has 0 bridgehead atoms. The molecule has 7 N–H and O–H groups in total. The maximum atomic E-state index is 9.35. The first kappa shape index (κ1) is 25.0. The standard InChI is InChI=1S/C9H12O2.C6H6O.C5H12O4/c1-2-9(10,11)8-6-4-3-5-7-8;7-6-4-2-1-3-5-6;6-1-5(2-7,3-8)4-9/h3-7,10-11H,2H2,1H3;1-5,7H;6-9H,1-4H2. The van der Waals surface area contributed by atoms with E-state index in [9.17, 15) is 10.2 Å². The van der Waals surface area contributed by atoms with Crippen molar-refractivity contribution < 1.29 is 35.7 Å². The van der Waals surface area contributed by atoms with Crippen LogP contribution in [-0.4, -0.2) is 62.2 Å². The highest BCUT2D eigenvalue weighted by atomic mass is 16.5. The number of phenolic OH excluding ortho intramolecular Hbond substituents is 1. The zero-order valence-corrected chi connectivity index (χ0v) is 15.4. The normalized spacial score (nSPS) is 10.9. The first-order chi connectivity index (χ1) is 12.8. The van der Waals surface area contributed by atoms with E-state index in [1.807, 2.05) is 12.1 Å². The first-order valence-corrected chi connectivity index (χ1v) is 8.48. The van der Waals surface area contributed by atoms with Crippen molar-refractivity contribution in [1.82, 2.24) is 0 Å². The van der Waals surface area contributed by atoms with Crippen LogP contribution in [0.5, 0.6) is 5.75 Å². The first-order valence-electron chi connectivity index (χ1n) is 8.48. The van der Waals surface area contributed by atoms with Gasteiger partial charge in [-0.1, -0.05) is 55.5 Å². The Balaban J connectivity index is 0.000000385.